The molecule has 3 heterocycles. The van der Waals surface area contributed by atoms with Crippen LogP contribution in [-0.2, 0) is 4.74 Å². The molecule has 1 N–H and O–H groups in total. The van der Waals surface area contributed by atoms with Crippen molar-refractivity contribution in [1.29, 1.82) is 0 Å². The molecule has 0 aliphatic carbocycles. The number of hydrogen-bond acceptors (Lipinski definition) is 5. The van der Waals surface area contributed by atoms with E-state index in [2.05, 4.69) is 47.4 Å². The molecule has 176 valence electrons. The van der Waals surface area contributed by atoms with Gasteiger partial charge in [-0.05, 0) is 86.8 Å². The number of thiocarbonyl (C=S) groups is 1. The summed E-state index contributed by atoms with van der Waals surface area (Å²) in [6.45, 7) is 7.67. The first-order valence-corrected chi connectivity index (χ1v) is 11.9. The van der Waals surface area contributed by atoms with Crippen molar-refractivity contribution in [1.82, 2.24) is 20.4 Å². The van der Waals surface area contributed by atoms with Crippen molar-refractivity contribution in [2.24, 2.45) is 0 Å². The predicted octanol–water partition coefficient (Wildman–Crippen LogP) is 5.33. The van der Waals surface area contributed by atoms with Gasteiger partial charge in [-0.15, -0.1) is 0 Å². The average molecular weight is 479 g/mol. The first kappa shape index (κ1) is 22.7. The Hall–Kier alpha value is -3.10. The molecule has 8 heteroatoms. The summed E-state index contributed by atoms with van der Waals surface area (Å²) in [5.74, 6) is 0.510. The van der Waals surface area contributed by atoms with Gasteiger partial charge in [0.25, 0.3) is 5.89 Å². The largest absolute Gasteiger partial charge is 0.376 e. The lowest BCUT2D eigenvalue weighted by Crippen LogP contribution is -2.48. The van der Waals surface area contributed by atoms with Crippen LogP contribution in [0.15, 0.2) is 52.7 Å². The number of benzene rings is 2. The first-order chi connectivity index (χ1) is 16.4. The van der Waals surface area contributed by atoms with Crippen LogP contribution in [0.2, 0.25) is 0 Å². The molecule has 0 spiro atoms. The minimum Gasteiger partial charge on any atom is -0.376 e. The smallest absolute Gasteiger partial charge is 0.258 e. The molecule has 2 aliphatic rings. The highest BCUT2D eigenvalue weighted by molar-refractivity contribution is 7.80. The second-order valence-corrected chi connectivity index (χ2v) is 9.29. The van der Waals surface area contributed by atoms with Crippen LogP contribution in [0, 0.1) is 19.7 Å². The number of hydrogen-bond donors (Lipinski definition) is 1. The molecule has 34 heavy (non-hydrogen) atoms. The van der Waals surface area contributed by atoms with E-state index >= 15 is 0 Å². The number of nitrogens with zero attached hydrogens (tertiary/aromatic N) is 3. The van der Waals surface area contributed by atoms with Crippen LogP contribution < -0.4 is 5.32 Å². The third-order valence-corrected chi connectivity index (χ3v) is 6.97. The molecule has 1 fully saturated rings. The minimum atomic E-state index is -0.310. The zero-order valence-electron chi connectivity index (χ0n) is 19.5. The molecule has 0 saturated carbocycles. The van der Waals surface area contributed by atoms with Gasteiger partial charge in [0.2, 0.25) is 5.82 Å². The van der Waals surface area contributed by atoms with Crippen molar-refractivity contribution in [3.8, 4) is 11.4 Å². The van der Waals surface area contributed by atoms with Crippen molar-refractivity contribution in [2.45, 2.75) is 45.8 Å². The Morgan fingerprint density at radius 2 is 1.91 bits per heavy atom. The molecule has 3 aromatic rings. The van der Waals surface area contributed by atoms with Crippen LogP contribution >= 0.6 is 12.2 Å². The lowest BCUT2D eigenvalue weighted by Gasteiger charge is -2.38. The Bertz CT molecular complexity index is 1250. The summed E-state index contributed by atoms with van der Waals surface area (Å²) in [7, 11) is 0. The van der Waals surface area contributed by atoms with Gasteiger partial charge in [0.1, 0.15) is 5.82 Å². The lowest BCUT2D eigenvalue weighted by atomic mass is 9.92. The predicted molar refractivity (Wildman–Crippen MR) is 132 cm³/mol. The quantitative estimate of drug-likeness (QED) is 0.497. The lowest BCUT2D eigenvalue weighted by molar-refractivity contribution is 0.0962. The van der Waals surface area contributed by atoms with Crippen LogP contribution in [0.25, 0.3) is 17.0 Å². The first-order valence-electron chi connectivity index (χ1n) is 11.5. The molecule has 1 aromatic heterocycles. The van der Waals surface area contributed by atoms with Gasteiger partial charge >= 0.3 is 0 Å². The summed E-state index contributed by atoms with van der Waals surface area (Å²) in [4.78, 5) is 6.76. The van der Waals surface area contributed by atoms with E-state index in [0.29, 0.717) is 28.9 Å². The van der Waals surface area contributed by atoms with E-state index in [1.807, 2.05) is 6.92 Å². The van der Waals surface area contributed by atoms with Gasteiger partial charge in [0.15, 0.2) is 5.11 Å². The standard InChI is InChI=1S/C26H27FN4O2S/c1-15-6-7-19(13-16(15)2)23-22(17(3)31(26(34)28-23)14-21-5-4-12-32-21)25-29-24(30-33-25)18-8-10-20(27)11-9-18/h6-11,13,21,23H,4-5,12,14H2,1-3H3,(H,28,34). The highest BCUT2D eigenvalue weighted by Gasteiger charge is 2.35. The van der Waals surface area contributed by atoms with Crippen LogP contribution in [0.5, 0.6) is 0 Å². The molecular formula is C26H27FN4O2S. The third kappa shape index (κ3) is 4.35. The van der Waals surface area contributed by atoms with Crippen LogP contribution in [-0.4, -0.2) is 39.4 Å². The maximum Gasteiger partial charge on any atom is 0.258 e. The summed E-state index contributed by atoms with van der Waals surface area (Å²) in [5, 5.41) is 8.34. The third-order valence-electron chi connectivity index (χ3n) is 6.63. The second-order valence-electron chi connectivity index (χ2n) is 8.90. The summed E-state index contributed by atoms with van der Waals surface area (Å²) in [6, 6.07) is 12.2. The molecule has 0 radical (unpaired) electrons. The SMILES string of the molecule is CC1=C(c2nc(-c3ccc(F)cc3)no2)C(c2ccc(C)c(C)c2)NC(=S)N1CC1CCCO1. The van der Waals surface area contributed by atoms with Gasteiger partial charge in [0, 0.05) is 17.9 Å². The Balaban J connectivity index is 1.58. The van der Waals surface area contributed by atoms with Crippen molar-refractivity contribution >= 4 is 22.9 Å². The van der Waals surface area contributed by atoms with Gasteiger partial charge in [-0.1, -0.05) is 23.4 Å². The molecule has 0 bridgehead atoms. The summed E-state index contributed by atoms with van der Waals surface area (Å²) >= 11 is 5.79. The maximum absolute atomic E-state index is 13.4. The zero-order valence-corrected chi connectivity index (χ0v) is 20.3. The number of halogens is 1. The number of rotatable bonds is 5. The van der Waals surface area contributed by atoms with Gasteiger partial charge < -0.3 is 19.5 Å². The summed E-state index contributed by atoms with van der Waals surface area (Å²) in [5.41, 5.74) is 6.00. The summed E-state index contributed by atoms with van der Waals surface area (Å²) < 4.78 is 25.0. The molecule has 2 aromatic carbocycles. The van der Waals surface area contributed by atoms with E-state index in [0.717, 1.165) is 36.3 Å². The molecule has 6 nitrogen and oxygen atoms in total. The van der Waals surface area contributed by atoms with Crippen molar-refractivity contribution < 1.29 is 13.7 Å². The van der Waals surface area contributed by atoms with E-state index in [9.17, 15) is 4.39 Å². The maximum atomic E-state index is 13.4. The fraction of sp³-hybridized carbons (Fsp3) is 0.346. The van der Waals surface area contributed by atoms with E-state index in [1.54, 1.807) is 12.1 Å². The second kappa shape index (κ2) is 9.27. The Morgan fingerprint density at radius 1 is 1.12 bits per heavy atom. The Kier molecular flexibility index (Phi) is 6.18. The fourth-order valence-electron chi connectivity index (χ4n) is 4.51. The van der Waals surface area contributed by atoms with Crippen molar-refractivity contribution in [2.75, 3.05) is 13.2 Å². The number of aromatic nitrogens is 2. The van der Waals surface area contributed by atoms with Crippen molar-refractivity contribution in [3.05, 3.63) is 76.6 Å². The van der Waals surface area contributed by atoms with E-state index in [-0.39, 0.29) is 18.0 Å². The van der Waals surface area contributed by atoms with Crippen LogP contribution in [0.1, 0.15) is 48.4 Å². The highest BCUT2D eigenvalue weighted by atomic mass is 32.1. The topological polar surface area (TPSA) is 63.4 Å². The Labute approximate surface area is 203 Å². The van der Waals surface area contributed by atoms with Crippen LogP contribution in [0.3, 0.4) is 0 Å². The monoisotopic (exact) mass is 478 g/mol. The molecule has 5 rings (SSSR count). The van der Waals surface area contributed by atoms with E-state index < -0.39 is 0 Å². The number of ether oxygens (including phenoxy) is 1. The number of allylic oxidation sites excluding steroid dienone is 1. The normalized spacial score (nSPS) is 20.7. The molecule has 2 unspecified atom stereocenters. The average Bonchev–Trinajstić information content (AvgIpc) is 3.51. The van der Waals surface area contributed by atoms with Gasteiger partial charge in [-0.3, -0.25) is 0 Å². The van der Waals surface area contributed by atoms with E-state index in [1.165, 1.54) is 23.3 Å². The van der Waals surface area contributed by atoms with Gasteiger partial charge in [-0.25, -0.2) is 4.39 Å². The molecule has 2 aliphatic heterocycles. The highest BCUT2D eigenvalue weighted by Crippen LogP contribution is 2.38. The molecule has 0 amide bonds. The molecular weight excluding hydrogens is 451 g/mol. The number of aryl methyl sites for hydroxylation is 2. The fourth-order valence-corrected chi connectivity index (χ4v) is 4.84. The van der Waals surface area contributed by atoms with Gasteiger partial charge in [0.05, 0.1) is 24.3 Å². The molecule has 2 atom stereocenters. The molecule has 1 saturated heterocycles. The van der Waals surface area contributed by atoms with Crippen molar-refractivity contribution in [3.63, 3.8) is 0 Å². The van der Waals surface area contributed by atoms with Gasteiger partial charge in [-0.2, -0.15) is 4.98 Å². The summed E-state index contributed by atoms with van der Waals surface area (Å²) in [6.07, 6.45) is 2.20. The van der Waals surface area contributed by atoms with Crippen LogP contribution in [0.4, 0.5) is 4.39 Å². The Morgan fingerprint density at radius 3 is 2.62 bits per heavy atom. The number of nitrogens with one attached hydrogen (secondary N) is 1. The minimum absolute atomic E-state index is 0.131. The zero-order chi connectivity index (χ0) is 23.8. The van der Waals surface area contributed by atoms with E-state index in [4.69, 9.17) is 26.5 Å².